The topological polar surface area (TPSA) is 71.4 Å². The molecule has 2 bridgehead atoms. The molecule has 0 fully saturated rings. The fraction of sp³-hybridized carbons (Fsp3) is 0.175. The van der Waals surface area contributed by atoms with Gasteiger partial charge in [0.2, 0.25) is 0 Å². The summed E-state index contributed by atoms with van der Waals surface area (Å²) >= 11 is 0. The number of hydrogen-bond acceptors (Lipinski definition) is 3. The Kier molecular flexibility index (Phi) is 5.88. The average Bonchev–Trinajstić information content (AvgIpc) is 3.03. The number of hydrogen-bond donors (Lipinski definition) is 0. The molecule has 0 aromatic heterocycles. The molecule has 0 amide bonds. The molecule has 0 heterocycles. The minimum atomic E-state index is -0.553. The lowest BCUT2D eigenvalue weighted by Gasteiger charge is -2.54. The van der Waals surface area contributed by atoms with Gasteiger partial charge in [0.15, 0.2) is 0 Å². The normalized spacial score (nSPS) is 17.5. The maximum Gasteiger partial charge on any atom is 0.0991 e. The van der Waals surface area contributed by atoms with Gasteiger partial charge in [-0.15, -0.1) is 0 Å². The summed E-state index contributed by atoms with van der Waals surface area (Å²) in [5.74, 6) is -0.195. The quantitative estimate of drug-likeness (QED) is 0.224. The van der Waals surface area contributed by atoms with Crippen LogP contribution in [0, 0.1) is 39.4 Å². The van der Waals surface area contributed by atoms with E-state index in [4.69, 9.17) is 0 Å². The molecule has 0 atom stereocenters. The summed E-state index contributed by atoms with van der Waals surface area (Å²) < 4.78 is 0. The summed E-state index contributed by atoms with van der Waals surface area (Å²) in [5, 5.41) is 30.2. The van der Waals surface area contributed by atoms with E-state index >= 15 is 0 Å². The molecule has 0 saturated heterocycles. The van der Waals surface area contributed by atoms with E-state index in [-0.39, 0.29) is 11.3 Å². The van der Waals surface area contributed by atoms with Crippen LogP contribution in [0.5, 0.6) is 0 Å². The van der Waals surface area contributed by atoms with Crippen molar-refractivity contribution in [1.82, 2.24) is 0 Å². The lowest BCUT2D eigenvalue weighted by Crippen LogP contribution is -2.45. The minimum absolute atomic E-state index is 0.0814. The Morgan fingerprint density at radius 2 is 1.12 bits per heavy atom. The van der Waals surface area contributed by atoms with Crippen molar-refractivity contribution < 1.29 is 0 Å². The highest BCUT2D eigenvalue weighted by Gasteiger charge is 2.54. The zero-order valence-corrected chi connectivity index (χ0v) is 24.4. The van der Waals surface area contributed by atoms with Crippen molar-refractivity contribution >= 4 is 0 Å². The fourth-order valence-electron chi connectivity index (χ4n) is 7.74. The van der Waals surface area contributed by atoms with E-state index in [1.54, 1.807) is 0 Å². The molecule has 0 radical (unpaired) electrons. The number of nitrogens with zero attached hydrogens (tertiary/aromatic N) is 3. The SMILES string of the molecule is CC(C)(C)CC12c3ccc(C#N)cc3C(c3cc(C#N)ccc31)c1cc(C#N)cc(-c3ccccc3-c3ccccc3)c12. The second kappa shape index (κ2) is 9.56. The van der Waals surface area contributed by atoms with Gasteiger partial charge >= 0.3 is 0 Å². The van der Waals surface area contributed by atoms with Crippen molar-refractivity contribution in [1.29, 1.82) is 15.8 Å². The van der Waals surface area contributed by atoms with Crippen LogP contribution in [-0.2, 0) is 5.41 Å². The Labute approximate surface area is 252 Å². The molecular formula is C40H29N3. The summed E-state index contributed by atoms with van der Waals surface area (Å²) in [6.07, 6.45) is 0.809. The van der Waals surface area contributed by atoms with E-state index in [0.717, 1.165) is 45.4 Å². The Hall–Kier alpha value is -5.43. The Morgan fingerprint density at radius 1 is 0.581 bits per heavy atom. The molecule has 5 aromatic rings. The minimum Gasteiger partial charge on any atom is -0.192 e. The van der Waals surface area contributed by atoms with Gasteiger partial charge in [-0.1, -0.05) is 87.5 Å². The van der Waals surface area contributed by atoms with Gasteiger partial charge in [-0.25, -0.2) is 0 Å². The van der Waals surface area contributed by atoms with Crippen LogP contribution in [0.15, 0.2) is 103 Å². The van der Waals surface area contributed by atoms with E-state index in [9.17, 15) is 15.8 Å². The molecule has 0 saturated carbocycles. The summed E-state index contributed by atoms with van der Waals surface area (Å²) in [4.78, 5) is 0. The third-order valence-electron chi connectivity index (χ3n) is 9.04. The monoisotopic (exact) mass is 551 g/mol. The van der Waals surface area contributed by atoms with Gasteiger partial charge in [-0.3, -0.25) is 0 Å². The summed E-state index contributed by atoms with van der Waals surface area (Å²) in [7, 11) is 0. The standard InChI is InChI=1S/C40H29N3/c1-39(2,3)24-40-35-15-13-25(21-41)17-32(35)37(33-18-26(22-42)14-16-36(33)40)34-20-27(23-43)19-31(38(34)40)30-12-8-7-11-29(30)28-9-5-4-6-10-28/h4-20,37H,24H2,1-3H3. The first-order valence-electron chi connectivity index (χ1n) is 14.6. The van der Waals surface area contributed by atoms with Gasteiger partial charge in [-0.2, -0.15) is 15.8 Å². The predicted molar refractivity (Wildman–Crippen MR) is 169 cm³/mol. The summed E-state index contributed by atoms with van der Waals surface area (Å²) in [6.45, 7) is 6.82. The highest BCUT2D eigenvalue weighted by atomic mass is 14.6. The van der Waals surface area contributed by atoms with Crippen molar-refractivity contribution in [2.24, 2.45) is 5.41 Å². The molecule has 3 nitrogen and oxygen atoms in total. The second-order valence-corrected chi connectivity index (χ2v) is 12.9. The van der Waals surface area contributed by atoms with Gasteiger partial charge in [-0.05, 0) is 104 Å². The average molecular weight is 552 g/mol. The molecule has 43 heavy (non-hydrogen) atoms. The molecule has 3 aliphatic carbocycles. The van der Waals surface area contributed by atoms with Crippen molar-refractivity contribution in [3.8, 4) is 40.5 Å². The number of benzene rings is 5. The molecule has 0 spiro atoms. The summed E-state index contributed by atoms with van der Waals surface area (Å²) in [6, 6.07) is 42.4. The van der Waals surface area contributed by atoms with E-state index < -0.39 is 5.41 Å². The van der Waals surface area contributed by atoms with Crippen LogP contribution in [0.4, 0.5) is 0 Å². The van der Waals surface area contributed by atoms with Crippen molar-refractivity contribution in [3.63, 3.8) is 0 Å². The van der Waals surface area contributed by atoms with Crippen molar-refractivity contribution in [2.75, 3.05) is 0 Å². The Morgan fingerprint density at radius 3 is 1.67 bits per heavy atom. The van der Waals surface area contributed by atoms with Gasteiger partial charge in [0, 0.05) is 11.3 Å². The van der Waals surface area contributed by atoms with Crippen LogP contribution in [0.25, 0.3) is 22.3 Å². The molecule has 0 N–H and O–H groups in total. The van der Waals surface area contributed by atoms with Crippen LogP contribution in [-0.4, -0.2) is 0 Å². The molecule has 8 rings (SSSR count). The lowest BCUT2D eigenvalue weighted by atomic mass is 9.48. The number of rotatable bonds is 3. The predicted octanol–water partition coefficient (Wildman–Crippen LogP) is 9.21. The van der Waals surface area contributed by atoms with E-state index in [2.05, 4.69) is 112 Å². The smallest absolute Gasteiger partial charge is 0.0991 e. The van der Waals surface area contributed by atoms with Crippen LogP contribution >= 0.6 is 0 Å². The zero-order valence-electron chi connectivity index (χ0n) is 24.4. The molecule has 0 unspecified atom stereocenters. The first-order chi connectivity index (χ1) is 20.8. The van der Waals surface area contributed by atoms with Crippen molar-refractivity contribution in [2.45, 2.75) is 38.5 Å². The second-order valence-electron chi connectivity index (χ2n) is 12.9. The van der Waals surface area contributed by atoms with Crippen LogP contribution in [0.3, 0.4) is 0 Å². The molecule has 0 aliphatic heterocycles. The molecule has 5 aromatic carbocycles. The third kappa shape index (κ3) is 3.92. The van der Waals surface area contributed by atoms with Crippen molar-refractivity contribution in [3.05, 3.63) is 153 Å². The fourth-order valence-corrected chi connectivity index (χ4v) is 7.74. The van der Waals surface area contributed by atoms with Crippen LogP contribution in [0.1, 0.15) is 83.2 Å². The third-order valence-corrected chi connectivity index (χ3v) is 9.04. The maximum atomic E-state index is 10.3. The molecular weight excluding hydrogens is 522 g/mol. The van der Waals surface area contributed by atoms with Gasteiger partial charge in [0.05, 0.1) is 34.9 Å². The van der Waals surface area contributed by atoms with Crippen LogP contribution < -0.4 is 0 Å². The van der Waals surface area contributed by atoms with E-state index in [0.29, 0.717) is 16.7 Å². The van der Waals surface area contributed by atoms with E-state index in [1.165, 1.54) is 16.7 Å². The Bertz CT molecular complexity index is 2010. The van der Waals surface area contributed by atoms with Crippen LogP contribution in [0.2, 0.25) is 0 Å². The molecule has 3 heteroatoms. The number of nitriles is 3. The Balaban J connectivity index is 1.67. The van der Waals surface area contributed by atoms with Gasteiger partial charge < -0.3 is 0 Å². The highest BCUT2D eigenvalue weighted by molar-refractivity contribution is 5.90. The highest BCUT2D eigenvalue weighted by Crippen LogP contribution is 2.64. The first-order valence-corrected chi connectivity index (χ1v) is 14.6. The van der Waals surface area contributed by atoms with Gasteiger partial charge in [0.1, 0.15) is 0 Å². The molecule has 3 aliphatic rings. The zero-order chi connectivity index (χ0) is 29.9. The van der Waals surface area contributed by atoms with Gasteiger partial charge in [0.25, 0.3) is 0 Å². The molecule has 204 valence electrons. The summed E-state index contributed by atoms with van der Waals surface area (Å²) in [5.41, 5.74) is 12.5. The van der Waals surface area contributed by atoms with E-state index in [1.807, 2.05) is 30.3 Å². The first kappa shape index (κ1) is 26.5. The largest absolute Gasteiger partial charge is 0.192 e. The maximum absolute atomic E-state index is 10.3. The lowest BCUT2D eigenvalue weighted by molar-refractivity contribution is 0.302.